The van der Waals surface area contributed by atoms with Crippen molar-refractivity contribution in [3.63, 3.8) is 0 Å². The zero-order valence-electron chi connectivity index (χ0n) is 29.6. The maximum Gasteiger partial charge on any atom is 0.373 e. The third-order valence-corrected chi connectivity index (χ3v) is 8.90. The highest BCUT2D eigenvalue weighted by atomic mass is 19.1. The minimum absolute atomic E-state index is 0.121. The zero-order chi connectivity index (χ0) is 36.6. The molecule has 50 heavy (non-hydrogen) atoms. The number of carboxylic acid groups (broad SMARTS) is 1. The van der Waals surface area contributed by atoms with E-state index in [0.717, 1.165) is 64.6 Å². The maximum atomic E-state index is 15.5. The minimum atomic E-state index is -0.815. The second-order valence-corrected chi connectivity index (χ2v) is 12.2. The van der Waals surface area contributed by atoms with Gasteiger partial charge >= 0.3 is 12.1 Å². The topological polar surface area (TPSA) is 102 Å². The van der Waals surface area contributed by atoms with Gasteiger partial charge in [0.15, 0.2) is 0 Å². The van der Waals surface area contributed by atoms with E-state index in [1.54, 1.807) is 13.2 Å². The molecule has 0 aliphatic carbocycles. The van der Waals surface area contributed by atoms with Gasteiger partial charge in [0.05, 0.1) is 14.2 Å². The second kappa shape index (κ2) is 20.0. The molecule has 0 fully saturated rings. The fourth-order valence-corrected chi connectivity index (χ4v) is 6.26. The summed E-state index contributed by atoms with van der Waals surface area (Å²) in [6.07, 6.45) is 6.54. The Morgan fingerprint density at radius 1 is 0.740 bits per heavy atom. The number of ether oxygens (including phenoxy) is 2. The molecular formula is C41H47F2NO6. The highest BCUT2D eigenvalue weighted by Gasteiger charge is 2.18. The summed E-state index contributed by atoms with van der Waals surface area (Å²) in [5.41, 5.74) is 8.37. The molecule has 0 aromatic heterocycles. The third kappa shape index (κ3) is 10.3. The Kier molecular flexibility index (Phi) is 15.8. The number of hydrogen-bond acceptors (Lipinski definition) is 6. The molecule has 0 unspecified atom stereocenters. The van der Waals surface area contributed by atoms with Crippen LogP contribution in [0.25, 0.3) is 33.4 Å². The fourth-order valence-electron chi connectivity index (χ4n) is 6.26. The smallest absolute Gasteiger partial charge is 0.373 e. The van der Waals surface area contributed by atoms with Crippen LogP contribution >= 0.6 is 0 Å². The molecule has 0 amide bonds. The summed E-state index contributed by atoms with van der Waals surface area (Å²) in [4.78, 5) is 27.0. The summed E-state index contributed by atoms with van der Waals surface area (Å²) in [6, 6.07) is 19.0. The van der Waals surface area contributed by atoms with Crippen LogP contribution in [0.15, 0.2) is 60.7 Å². The molecule has 4 aromatic carbocycles. The van der Waals surface area contributed by atoms with Gasteiger partial charge in [-0.25, -0.2) is 8.78 Å². The van der Waals surface area contributed by atoms with Crippen LogP contribution in [0.4, 0.5) is 8.78 Å². The van der Waals surface area contributed by atoms with Crippen molar-refractivity contribution in [3.05, 3.63) is 94.6 Å². The molecular weight excluding hydrogens is 640 g/mol. The van der Waals surface area contributed by atoms with Gasteiger partial charge < -0.3 is 19.9 Å². The normalized spacial score (nSPS) is 10.6. The summed E-state index contributed by atoms with van der Waals surface area (Å²) in [5.74, 6) is -0.403. The average molecular weight is 688 g/mol. The first-order chi connectivity index (χ1) is 24.1. The fraction of sp³-hybridized carbons (Fsp3) is 0.366. The van der Waals surface area contributed by atoms with Crippen molar-refractivity contribution in [1.29, 1.82) is 0 Å². The van der Waals surface area contributed by atoms with Crippen LogP contribution in [-0.2, 0) is 27.3 Å². The van der Waals surface area contributed by atoms with Crippen molar-refractivity contribution in [3.8, 4) is 44.9 Å². The Balaban J connectivity index is 0.00000217. The first kappa shape index (κ1) is 39.6. The summed E-state index contributed by atoms with van der Waals surface area (Å²) < 4.78 is 42.3. The van der Waals surface area contributed by atoms with Crippen molar-refractivity contribution < 1.29 is 37.7 Å². The number of rotatable bonds is 17. The molecule has 4 rings (SSSR count). The van der Waals surface area contributed by atoms with Crippen LogP contribution in [0.1, 0.15) is 74.1 Å². The van der Waals surface area contributed by atoms with Crippen molar-refractivity contribution in [1.82, 2.24) is 5.32 Å². The Morgan fingerprint density at radius 2 is 1.24 bits per heavy atom. The van der Waals surface area contributed by atoms with E-state index in [-0.39, 0.29) is 30.8 Å². The molecule has 0 radical (unpaired) electrons. The van der Waals surface area contributed by atoms with Crippen LogP contribution in [0, 0.1) is 25.5 Å². The lowest BCUT2D eigenvalue weighted by Gasteiger charge is -2.18. The lowest BCUT2D eigenvalue weighted by Crippen LogP contribution is -2.16. The Hall–Kier alpha value is -4.85. The van der Waals surface area contributed by atoms with E-state index < -0.39 is 5.97 Å². The summed E-state index contributed by atoms with van der Waals surface area (Å²) in [7, 11) is 3.13. The third-order valence-electron chi connectivity index (χ3n) is 8.90. The van der Waals surface area contributed by atoms with Crippen molar-refractivity contribution >= 4 is 12.1 Å². The summed E-state index contributed by atoms with van der Waals surface area (Å²) >= 11 is 0. The number of unbranched alkanes of at least 4 members (excludes halogenated alkanes) is 4. The first-order valence-corrected chi connectivity index (χ1v) is 17.0. The van der Waals surface area contributed by atoms with Crippen LogP contribution in [0.2, 0.25) is 0 Å². The van der Waals surface area contributed by atoms with Crippen LogP contribution < -0.4 is 14.8 Å². The molecule has 4 aromatic rings. The lowest BCUT2D eigenvalue weighted by molar-refractivity contribution is -0.191. The second-order valence-electron chi connectivity index (χ2n) is 12.2. The molecule has 266 valence electrons. The summed E-state index contributed by atoms with van der Waals surface area (Å²) in [5, 5.41) is 12.0. The van der Waals surface area contributed by atoms with E-state index in [9.17, 15) is 4.79 Å². The van der Waals surface area contributed by atoms with Gasteiger partial charge in [-0.15, -0.1) is 0 Å². The van der Waals surface area contributed by atoms with Crippen LogP contribution in [0.3, 0.4) is 0 Å². The van der Waals surface area contributed by atoms with Gasteiger partial charge in [-0.3, -0.25) is 4.79 Å². The van der Waals surface area contributed by atoms with E-state index in [1.807, 2.05) is 50.2 Å². The molecule has 0 saturated carbocycles. The van der Waals surface area contributed by atoms with E-state index in [0.29, 0.717) is 54.0 Å². The van der Waals surface area contributed by atoms with Gasteiger partial charge in [0.1, 0.15) is 23.1 Å². The van der Waals surface area contributed by atoms with Gasteiger partial charge in [-0.2, -0.15) is 9.59 Å². The largest absolute Gasteiger partial charge is 0.496 e. The number of carbonyl (C=O) groups is 1. The van der Waals surface area contributed by atoms with Crippen molar-refractivity contribution in [2.75, 3.05) is 20.8 Å². The summed E-state index contributed by atoms with van der Waals surface area (Å²) in [6.45, 7) is 7.10. The average Bonchev–Trinajstić information content (AvgIpc) is 3.09. The quantitative estimate of drug-likeness (QED) is 0.107. The van der Waals surface area contributed by atoms with Gasteiger partial charge in [0.25, 0.3) is 0 Å². The van der Waals surface area contributed by atoms with E-state index >= 15 is 8.78 Å². The molecule has 2 N–H and O–H groups in total. The van der Waals surface area contributed by atoms with E-state index in [2.05, 4.69) is 24.4 Å². The molecule has 7 nitrogen and oxygen atoms in total. The van der Waals surface area contributed by atoms with Crippen LogP contribution in [-0.4, -0.2) is 38.0 Å². The predicted molar refractivity (Wildman–Crippen MR) is 191 cm³/mol. The standard InChI is InChI=1S/C40H47F2NO4.CO2/c1-6-7-8-9-14-34-36(41)21-28(23-38(34)46-4)30-15-12-17-32(26(30)2)33-18-13-16-31(27(33)3)29-22-37(42)35(39(24-29)47-5)25-43-20-11-10-19-40(44)45;2-1-3/h12-13,15-18,21-24,43H,6-11,14,19-20,25H2,1-5H3,(H,44,45);. The number of hydrogen-bond donors (Lipinski definition) is 2. The number of aliphatic carboxylic acids is 1. The lowest BCUT2D eigenvalue weighted by atomic mass is 9.87. The minimum Gasteiger partial charge on any atom is -0.496 e. The SMILES string of the molecule is CCCCCCc1c(F)cc(-c2cccc(-c3cccc(-c4cc(F)c(CNCCCCC(=O)O)c(OC)c4)c3C)c2C)cc1OC.O=C=O. The Morgan fingerprint density at radius 3 is 1.74 bits per heavy atom. The number of methoxy groups -OCH3 is 2. The first-order valence-electron chi connectivity index (χ1n) is 17.0. The molecule has 9 heteroatoms. The van der Waals surface area contributed by atoms with Gasteiger partial charge in [0, 0.05) is 24.1 Å². The number of benzene rings is 4. The molecule has 0 aliphatic heterocycles. The molecule has 0 bridgehead atoms. The molecule has 0 spiro atoms. The van der Waals surface area contributed by atoms with E-state index in [4.69, 9.17) is 24.2 Å². The number of carbonyl (C=O) groups excluding carboxylic acids is 2. The van der Waals surface area contributed by atoms with E-state index in [1.165, 1.54) is 13.2 Å². The molecule has 0 aliphatic rings. The Bertz CT molecular complexity index is 1780. The predicted octanol–water partition coefficient (Wildman–Crippen LogP) is 9.48. The highest BCUT2D eigenvalue weighted by Crippen LogP contribution is 2.40. The van der Waals surface area contributed by atoms with Crippen molar-refractivity contribution in [2.24, 2.45) is 0 Å². The number of halogens is 2. The molecule has 0 atom stereocenters. The van der Waals surface area contributed by atoms with Gasteiger partial charge in [0.2, 0.25) is 0 Å². The van der Waals surface area contributed by atoms with Crippen LogP contribution in [0.5, 0.6) is 11.5 Å². The number of carboxylic acids is 1. The maximum absolute atomic E-state index is 15.5. The molecule has 0 heterocycles. The Labute approximate surface area is 293 Å². The van der Waals surface area contributed by atoms with Gasteiger partial charge in [-0.1, -0.05) is 62.6 Å². The highest BCUT2D eigenvalue weighted by molar-refractivity contribution is 5.84. The van der Waals surface area contributed by atoms with Gasteiger partial charge in [-0.05, 0) is 115 Å². The zero-order valence-corrected chi connectivity index (χ0v) is 29.6. The molecule has 0 saturated heterocycles. The number of nitrogens with one attached hydrogen (secondary N) is 1. The van der Waals surface area contributed by atoms with Crippen molar-refractivity contribution in [2.45, 2.75) is 78.7 Å². The monoisotopic (exact) mass is 687 g/mol.